The van der Waals surface area contributed by atoms with Crippen LogP contribution in [0.1, 0.15) is 43.7 Å². The highest BCUT2D eigenvalue weighted by Gasteiger charge is 2.21. The maximum Gasteiger partial charge on any atom is 0.225 e. The average Bonchev–Trinajstić information content (AvgIpc) is 2.91. The number of hydrogen-bond acceptors (Lipinski definition) is 3. The van der Waals surface area contributed by atoms with Gasteiger partial charge in [-0.05, 0) is 31.4 Å². The zero-order valence-corrected chi connectivity index (χ0v) is 12.5. The third-order valence-corrected chi connectivity index (χ3v) is 3.97. The summed E-state index contributed by atoms with van der Waals surface area (Å²) in [7, 11) is 0. The van der Waals surface area contributed by atoms with Gasteiger partial charge in [-0.2, -0.15) is 5.10 Å². The van der Waals surface area contributed by atoms with Crippen LogP contribution in [0, 0.1) is 0 Å². The zero-order valence-electron chi connectivity index (χ0n) is 12.5. The quantitative estimate of drug-likeness (QED) is 0.769. The van der Waals surface area contributed by atoms with Gasteiger partial charge in [0.2, 0.25) is 5.91 Å². The predicted molar refractivity (Wildman–Crippen MR) is 85.0 cm³/mol. The molecule has 3 rings (SSSR count). The first-order valence-electron chi connectivity index (χ1n) is 7.84. The summed E-state index contributed by atoms with van der Waals surface area (Å²) in [4.78, 5) is 11.9. The van der Waals surface area contributed by atoms with Gasteiger partial charge in [-0.3, -0.25) is 9.89 Å². The van der Waals surface area contributed by atoms with Gasteiger partial charge in [-0.25, -0.2) is 0 Å². The molecule has 2 aromatic rings. The van der Waals surface area contributed by atoms with Crippen molar-refractivity contribution in [1.82, 2.24) is 10.2 Å². The lowest BCUT2D eigenvalue weighted by Gasteiger charge is -2.23. The van der Waals surface area contributed by atoms with Gasteiger partial charge in [0.25, 0.3) is 0 Å². The topological polar surface area (TPSA) is 67.0 Å². The van der Waals surface area contributed by atoms with Gasteiger partial charge in [-0.15, -0.1) is 0 Å². The van der Waals surface area contributed by atoms with Gasteiger partial charge in [-0.1, -0.05) is 24.6 Å². The minimum atomic E-state index is -0.0247. The highest BCUT2D eigenvalue weighted by atomic mass is 16.5. The summed E-state index contributed by atoms with van der Waals surface area (Å²) in [5.41, 5.74) is 1.13. The van der Waals surface area contributed by atoms with Crippen molar-refractivity contribution in [2.45, 2.75) is 38.0 Å². The number of hydrogen-bond donors (Lipinski definition) is 2. The number of aromatic nitrogens is 2. The number of nitrogens with one attached hydrogen (secondary N) is 2. The van der Waals surface area contributed by atoms with Crippen molar-refractivity contribution in [3.8, 4) is 5.75 Å². The van der Waals surface area contributed by atoms with Gasteiger partial charge in [0.1, 0.15) is 5.75 Å². The molecule has 0 atom stereocenters. The Morgan fingerprint density at radius 2 is 2.14 bits per heavy atom. The molecule has 0 saturated heterocycles. The van der Waals surface area contributed by atoms with E-state index in [0.717, 1.165) is 11.4 Å². The number of carbonyl (C=O) groups excluding carboxylic acids is 1. The lowest BCUT2D eigenvalue weighted by atomic mass is 9.83. The molecule has 22 heavy (non-hydrogen) atoms. The third-order valence-electron chi connectivity index (χ3n) is 3.97. The molecular formula is C17H21N3O2. The largest absolute Gasteiger partial charge is 0.494 e. The Morgan fingerprint density at radius 1 is 1.32 bits per heavy atom. The number of aromatic amines is 1. The molecule has 0 spiro atoms. The third kappa shape index (κ3) is 3.87. The van der Waals surface area contributed by atoms with Crippen LogP contribution in [0.15, 0.2) is 36.4 Å². The van der Waals surface area contributed by atoms with Crippen molar-refractivity contribution >= 4 is 11.7 Å². The number of benzene rings is 1. The van der Waals surface area contributed by atoms with Gasteiger partial charge in [0.05, 0.1) is 6.61 Å². The first kappa shape index (κ1) is 14.6. The minimum Gasteiger partial charge on any atom is -0.494 e. The number of H-pyrrole nitrogens is 1. The highest BCUT2D eigenvalue weighted by Crippen LogP contribution is 2.35. The van der Waals surface area contributed by atoms with E-state index in [1.807, 2.05) is 36.4 Å². The fourth-order valence-electron chi connectivity index (χ4n) is 2.47. The van der Waals surface area contributed by atoms with Crippen LogP contribution in [-0.4, -0.2) is 22.7 Å². The lowest BCUT2D eigenvalue weighted by Crippen LogP contribution is -2.13. The molecule has 5 heteroatoms. The molecule has 1 aliphatic rings. The Balaban J connectivity index is 1.36. The molecule has 1 fully saturated rings. The predicted octanol–water partition coefficient (Wildman–Crippen LogP) is 3.47. The Labute approximate surface area is 130 Å². The van der Waals surface area contributed by atoms with Gasteiger partial charge >= 0.3 is 0 Å². The first-order valence-corrected chi connectivity index (χ1v) is 7.84. The Bertz CT molecular complexity index is 605. The number of amides is 1. The monoisotopic (exact) mass is 299 g/mol. The SMILES string of the molecule is O=C(CCCOc1ccccc1)Nc1cc(C2CCC2)[nH]n1. The molecule has 1 aliphatic carbocycles. The van der Waals surface area contributed by atoms with Crippen molar-refractivity contribution < 1.29 is 9.53 Å². The van der Waals surface area contributed by atoms with Crippen molar-refractivity contribution in [3.63, 3.8) is 0 Å². The molecule has 0 radical (unpaired) electrons. The second kappa shape index (κ2) is 7.11. The number of anilines is 1. The second-order valence-electron chi connectivity index (χ2n) is 5.65. The summed E-state index contributed by atoms with van der Waals surface area (Å²) >= 11 is 0. The molecule has 5 nitrogen and oxygen atoms in total. The molecule has 2 N–H and O–H groups in total. The molecule has 1 aromatic heterocycles. The molecule has 1 saturated carbocycles. The van der Waals surface area contributed by atoms with Crippen LogP contribution >= 0.6 is 0 Å². The van der Waals surface area contributed by atoms with Crippen molar-refractivity contribution in [1.29, 1.82) is 0 Å². The maximum atomic E-state index is 11.9. The second-order valence-corrected chi connectivity index (χ2v) is 5.65. The van der Waals surface area contributed by atoms with Gasteiger partial charge in [0, 0.05) is 24.1 Å². The van der Waals surface area contributed by atoms with Gasteiger partial charge in [0.15, 0.2) is 5.82 Å². The van der Waals surface area contributed by atoms with Crippen LogP contribution in [0.25, 0.3) is 0 Å². The van der Waals surface area contributed by atoms with Gasteiger partial charge < -0.3 is 10.1 Å². The van der Waals surface area contributed by atoms with Crippen molar-refractivity contribution in [2.75, 3.05) is 11.9 Å². The summed E-state index contributed by atoms with van der Waals surface area (Å²) < 4.78 is 5.56. The molecule has 1 heterocycles. The van der Waals surface area contributed by atoms with Crippen LogP contribution in [0.2, 0.25) is 0 Å². The number of rotatable bonds is 7. The number of ether oxygens (including phenoxy) is 1. The number of nitrogens with zero attached hydrogens (tertiary/aromatic N) is 1. The van der Waals surface area contributed by atoms with E-state index in [1.54, 1.807) is 0 Å². The summed E-state index contributed by atoms with van der Waals surface area (Å²) in [6.07, 6.45) is 4.82. The first-order chi connectivity index (χ1) is 10.8. The zero-order chi connectivity index (χ0) is 15.2. The van der Waals surface area contributed by atoms with E-state index < -0.39 is 0 Å². The van der Waals surface area contributed by atoms with E-state index in [2.05, 4.69) is 15.5 Å². The molecule has 0 bridgehead atoms. The Kier molecular flexibility index (Phi) is 4.73. The van der Waals surface area contributed by atoms with E-state index in [4.69, 9.17) is 4.74 Å². The molecule has 0 aliphatic heterocycles. The molecule has 0 unspecified atom stereocenters. The standard InChI is InChI=1S/C17H21N3O2/c21-17(10-5-11-22-14-8-2-1-3-9-14)18-16-12-15(19-20-16)13-6-4-7-13/h1-3,8-9,12-13H,4-7,10-11H2,(H2,18,19,20,21). The molecule has 1 amide bonds. The fourth-order valence-corrected chi connectivity index (χ4v) is 2.47. The molecule has 1 aromatic carbocycles. The van der Waals surface area contributed by atoms with Crippen molar-refractivity contribution in [2.24, 2.45) is 0 Å². The number of carbonyl (C=O) groups is 1. The highest BCUT2D eigenvalue weighted by molar-refractivity contribution is 5.89. The molecule has 116 valence electrons. The van der Waals surface area contributed by atoms with E-state index in [-0.39, 0.29) is 5.91 Å². The van der Waals surface area contributed by atoms with Crippen LogP contribution in [0.5, 0.6) is 5.75 Å². The summed E-state index contributed by atoms with van der Waals surface area (Å²) in [5.74, 6) is 2.02. The minimum absolute atomic E-state index is 0.0247. The average molecular weight is 299 g/mol. The van der Waals surface area contributed by atoms with Crippen molar-refractivity contribution in [3.05, 3.63) is 42.1 Å². The normalized spacial score (nSPS) is 14.4. The van der Waals surface area contributed by atoms with Crippen LogP contribution < -0.4 is 10.1 Å². The summed E-state index contributed by atoms with van der Waals surface area (Å²) in [5, 5.41) is 9.99. The lowest BCUT2D eigenvalue weighted by molar-refractivity contribution is -0.116. The van der Waals surface area contributed by atoms with E-state index in [9.17, 15) is 4.79 Å². The van der Waals surface area contributed by atoms with E-state index in [1.165, 1.54) is 19.3 Å². The summed E-state index contributed by atoms with van der Waals surface area (Å²) in [6, 6.07) is 11.6. The van der Waals surface area contributed by atoms with Crippen LogP contribution in [0.3, 0.4) is 0 Å². The molecular weight excluding hydrogens is 278 g/mol. The summed E-state index contributed by atoms with van der Waals surface area (Å²) in [6.45, 7) is 0.533. The smallest absolute Gasteiger partial charge is 0.225 e. The fraction of sp³-hybridized carbons (Fsp3) is 0.412. The number of para-hydroxylation sites is 1. The van der Waals surface area contributed by atoms with E-state index >= 15 is 0 Å². The Hall–Kier alpha value is -2.30. The van der Waals surface area contributed by atoms with E-state index in [0.29, 0.717) is 31.2 Å². The van der Waals surface area contributed by atoms with Crippen LogP contribution in [0.4, 0.5) is 5.82 Å². The maximum absolute atomic E-state index is 11.9. The van der Waals surface area contributed by atoms with Crippen LogP contribution in [-0.2, 0) is 4.79 Å². The Morgan fingerprint density at radius 3 is 2.86 bits per heavy atom.